The molecule has 2 amide bonds. The Kier molecular flexibility index (Phi) is 5.28. The maximum absolute atomic E-state index is 12.9. The van der Waals surface area contributed by atoms with Crippen molar-refractivity contribution in [3.8, 4) is 0 Å². The van der Waals surface area contributed by atoms with E-state index in [1.807, 2.05) is 31.2 Å². The Labute approximate surface area is 175 Å². The van der Waals surface area contributed by atoms with Crippen LogP contribution in [0, 0.1) is 34.8 Å². The minimum atomic E-state index is -0.485. The highest BCUT2D eigenvalue weighted by Gasteiger charge is 2.50. The SMILES string of the molecule is Cc1ccc(CNc2ccc(N3C(=O)[C@H]4C[C@H](C)CC[C@H]4C3=O)cc2[N+](=O)[O-])cc1. The number of rotatable bonds is 5. The number of nitro benzene ring substituents is 1. The molecule has 3 atom stereocenters. The van der Waals surface area contributed by atoms with Gasteiger partial charge in [-0.15, -0.1) is 0 Å². The topological polar surface area (TPSA) is 92.6 Å². The molecule has 1 saturated carbocycles. The molecule has 1 heterocycles. The molecule has 2 aromatic rings. The van der Waals surface area contributed by atoms with Crippen molar-refractivity contribution >= 4 is 28.9 Å². The second-order valence-electron chi connectivity index (χ2n) is 8.44. The first-order valence-electron chi connectivity index (χ1n) is 10.3. The number of nitrogens with one attached hydrogen (secondary N) is 1. The van der Waals surface area contributed by atoms with Gasteiger partial charge in [0, 0.05) is 12.6 Å². The van der Waals surface area contributed by atoms with E-state index in [0.717, 1.165) is 22.4 Å². The largest absolute Gasteiger partial charge is 0.375 e. The minimum absolute atomic E-state index is 0.150. The van der Waals surface area contributed by atoms with Crippen LogP contribution in [0.2, 0.25) is 0 Å². The second-order valence-corrected chi connectivity index (χ2v) is 8.44. The van der Waals surface area contributed by atoms with E-state index in [9.17, 15) is 19.7 Å². The third-order valence-corrected chi connectivity index (χ3v) is 6.23. The molecule has 2 fully saturated rings. The maximum Gasteiger partial charge on any atom is 0.294 e. The Morgan fingerprint density at radius 1 is 1.07 bits per heavy atom. The number of anilines is 2. The molecule has 1 N–H and O–H groups in total. The number of carbonyl (C=O) groups excluding carboxylic acids is 2. The molecule has 0 unspecified atom stereocenters. The number of amides is 2. The van der Waals surface area contributed by atoms with Crippen molar-refractivity contribution in [2.45, 2.75) is 39.7 Å². The molecule has 7 nitrogen and oxygen atoms in total. The summed E-state index contributed by atoms with van der Waals surface area (Å²) >= 11 is 0. The van der Waals surface area contributed by atoms with Crippen molar-refractivity contribution in [1.82, 2.24) is 0 Å². The third-order valence-electron chi connectivity index (χ3n) is 6.23. The molecular formula is C23H25N3O4. The Morgan fingerprint density at radius 2 is 1.77 bits per heavy atom. The molecule has 1 aliphatic carbocycles. The fraction of sp³-hybridized carbons (Fsp3) is 0.391. The number of imide groups is 1. The highest BCUT2D eigenvalue weighted by Crippen LogP contribution is 2.43. The first-order chi connectivity index (χ1) is 14.3. The fourth-order valence-electron chi connectivity index (χ4n) is 4.51. The van der Waals surface area contributed by atoms with Gasteiger partial charge in [-0.2, -0.15) is 0 Å². The third kappa shape index (κ3) is 3.67. The number of carbonyl (C=O) groups is 2. The number of benzene rings is 2. The Balaban J connectivity index is 1.58. The lowest BCUT2D eigenvalue weighted by Crippen LogP contribution is -2.30. The summed E-state index contributed by atoms with van der Waals surface area (Å²) in [5.74, 6) is -0.657. The molecule has 1 aliphatic heterocycles. The van der Waals surface area contributed by atoms with Gasteiger partial charge in [0.05, 0.1) is 22.4 Å². The second kappa shape index (κ2) is 7.89. The Hall–Kier alpha value is -3.22. The summed E-state index contributed by atoms with van der Waals surface area (Å²) in [4.78, 5) is 38.2. The number of hydrogen-bond acceptors (Lipinski definition) is 5. The molecule has 30 heavy (non-hydrogen) atoms. The first kappa shape index (κ1) is 20.1. The zero-order chi connectivity index (χ0) is 21.4. The van der Waals surface area contributed by atoms with E-state index in [1.54, 1.807) is 12.1 Å². The molecule has 4 rings (SSSR count). The molecule has 7 heteroatoms. The summed E-state index contributed by atoms with van der Waals surface area (Å²) in [5.41, 5.74) is 2.63. The average Bonchev–Trinajstić information content (AvgIpc) is 2.97. The minimum Gasteiger partial charge on any atom is -0.375 e. The maximum atomic E-state index is 12.9. The molecule has 1 saturated heterocycles. The number of nitrogens with zero attached hydrogens (tertiary/aromatic N) is 2. The van der Waals surface area contributed by atoms with Crippen LogP contribution < -0.4 is 10.2 Å². The number of hydrogen-bond donors (Lipinski definition) is 1. The molecule has 0 spiro atoms. The summed E-state index contributed by atoms with van der Waals surface area (Å²) < 4.78 is 0. The number of fused-ring (bicyclic) bond motifs is 1. The van der Waals surface area contributed by atoms with E-state index in [0.29, 0.717) is 31.0 Å². The molecule has 0 aromatic heterocycles. The summed E-state index contributed by atoms with van der Waals surface area (Å²) in [6.45, 7) is 4.53. The monoisotopic (exact) mass is 407 g/mol. The van der Waals surface area contributed by atoms with Gasteiger partial charge in [-0.25, -0.2) is 4.90 Å². The summed E-state index contributed by atoms with van der Waals surface area (Å²) in [6.07, 6.45) is 2.32. The summed E-state index contributed by atoms with van der Waals surface area (Å²) in [5, 5.41) is 14.8. The van der Waals surface area contributed by atoms with E-state index in [4.69, 9.17) is 0 Å². The lowest BCUT2D eigenvalue weighted by molar-refractivity contribution is -0.383. The van der Waals surface area contributed by atoms with Gasteiger partial charge in [-0.3, -0.25) is 19.7 Å². The van der Waals surface area contributed by atoms with Crippen LogP contribution >= 0.6 is 0 Å². The van der Waals surface area contributed by atoms with E-state index >= 15 is 0 Å². The average molecular weight is 407 g/mol. The molecule has 156 valence electrons. The van der Waals surface area contributed by atoms with E-state index < -0.39 is 4.92 Å². The number of nitro groups is 1. The van der Waals surface area contributed by atoms with Crippen molar-refractivity contribution in [3.63, 3.8) is 0 Å². The standard InChI is InChI=1S/C23H25N3O4/c1-14-3-6-16(7-4-14)13-24-20-10-8-17(12-21(20)26(29)30)25-22(27)18-9-5-15(2)11-19(18)23(25)28/h3-4,6-8,10,12,15,18-19,24H,5,9,11,13H2,1-2H3/t15-,18-,19+/m1/s1. The van der Waals surface area contributed by atoms with Gasteiger partial charge < -0.3 is 5.32 Å². The van der Waals surface area contributed by atoms with E-state index in [-0.39, 0.29) is 35.0 Å². The Bertz CT molecular complexity index is 1000. The van der Waals surface area contributed by atoms with Gasteiger partial charge in [0.25, 0.3) is 5.69 Å². The van der Waals surface area contributed by atoms with Crippen molar-refractivity contribution in [3.05, 3.63) is 63.7 Å². The number of aryl methyl sites for hydroxylation is 1. The van der Waals surface area contributed by atoms with Gasteiger partial charge in [0.1, 0.15) is 5.69 Å². The summed E-state index contributed by atoms with van der Waals surface area (Å²) in [6, 6.07) is 12.4. The zero-order valence-corrected chi connectivity index (χ0v) is 17.1. The van der Waals surface area contributed by atoms with Crippen molar-refractivity contribution < 1.29 is 14.5 Å². The molecule has 2 aliphatic rings. The molecular weight excluding hydrogens is 382 g/mol. The van der Waals surface area contributed by atoms with Crippen LogP contribution in [0.3, 0.4) is 0 Å². The lowest BCUT2D eigenvalue weighted by Gasteiger charge is -2.25. The van der Waals surface area contributed by atoms with Crippen LogP contribution in [0.5, 0.6) is 0 Å². The lowest BCUT2D eigenvalue weighted by atomic mass is 9.76. The van der Waals surface area contributed by atoms with Crippen molar-refractivity contribution in [2.75, 3.05) is 10.2 Å². The fourth-order valence-corrected chi connectivity index (χ4v) is 4.51. The zero-order valence-electron chi connectivity index (χ0n) is 17.1. The predicted molar refractivity (Wildman–Crippen MR) is 114 cm³/mol. The van der Waals surface area contributed by atoms with Crippen molar-refractivity contribution in [2.24, 2.45) is 17.8 Å². The van der Waals surface area contributed by atoms with Gasteiger partial charge in [-0.05, 0) is 49.8 Å². The molecule has 0 radical (unpaired) electrons. The van der Waals surface area contributed by atoms with E-state index in [1.165, 1.54) is 6.07 Å². The van der Waals surface area contributed by atoms with Gasteiger partial charge in [0.15, 0.2) is 0 Å². The first-order valence-corrected chi connectivity index (χ1v) is 10.3. The van der Waals surface area contributed by atoms with Crippen LogP contribution in [0.15, 0.2) is 42.5 Å². The normalized spacial score (nSPS) is 23.4. The van der Waals surface area contributed by atoms with E-state index in [2.05, 4.69) is 12.2 Å². The molecule has 0 bridgehead atoms. The van der Waals surface area contributed by atoms with Crippen LogP contribution in [0.25, 0.3) is 0 Å². The molecule has 2 aromatic carbocycles. The van der Waals surface area contributed by atoms with Gasteiger partial charge >= 0.3 is 0 Å². The smallest absolute Gasteiger partial charge is 0.294 e. The van der Waals surface area contributed by atoms with Gasteiger partial charge in [-0.1, -0.05) is 36.8 Å². The van der Waals surface area contributed by atoms with Crippen LogP contribution in [0.1, 0.15) is 37.3 Å². The van der Waals surface area contributed by atoms with Crippen molar-refractivity contribution in [1.29, 1.82) is 0 Å². The van der Waals surface area contributed by atoms with Crippen LogP contribution in [0.4, 0.5) is 17.1 Å². The Morgan fingerprint density at radius 3 is 2.47 bits per heavy atom. The van der Waals surface area contributed by atoms with Crippen LogP contribution in [-0.4, -0.2) is 16.7 Å². The quantitative estimate of drug-likeness (QED) is 0.449. The highest BCUT2D eigenvalue weighted by atomic mass is 16.6. The highest BCUT2D eigenvalue weighted by molar-refractivity contribution is 6.22. The predicted octanol–water partition coefficient (Wildman–Crippen LogP) is 4.44. The van der Waals surface area contributed by atoms with Gasteiger partial charge in [0.2, 0.25) is 11.8 Å². The summed E-state index contributed by atoms with van der Waals surface area (Å²) in [7, 11) is 0. The van der Waals surface area contributed by atoms with Crippen LogP contribution in [-0.2, 0) is 16.1 Å².